The maximum absolute atomic E-state index is 9.57. The third-order valence-electron chi connectivity index (χ3n) is 5.53. The highest BCUT2D eigenvalue weighted by Crippen LogP contribution is 2.33. The average Bonchev–Trinajstić information content (AvgIpc) is 3.01. The second-order valence-electron chi connectivity index (χ2n) is 7.05. The second-order valence-corrected chi connectivity index (χ2v) is 7.05. The van der Waals surface area contributed by atoms with Crippen LogP contribution in [-0.4, -0.2) is 58.2 Å². The molecule has 0 radical (unpaired) electrons. The number of H-pyrrole nitrogens is 1. The molecule has 0 amide bonds. The van der Waals surface area contributed by atoms with Crippen molar-refractivity contribution in [3.8, 4) is 6.07 Å². The van der Waals surface area contributed by atoms with Gasteiger partial charge < -0.3 is 15.0 Å². The molecule has 0 unspecified atom stereocenters. The van der Waals surface area contributed by atoms with Crippen LogP contribution in [0.4, 0.5) is 5.69 Å². The van der Waals surface area contributed by atoms with E-state index in [-0.39, 0.29) is 0 Å². The highest BCUT2D eigenvalue weighted by Gasteiger charge is 2.30. The average molecular weight is 348 g/mol. The number of anilines is 1. The van der Waals surface area contributed by atoms with Crippen LogP contribution >= 0.6 is 0 Å². The summed E-state index contributed by atoms with van der Waals surface area (Å²) in [6, 6.07) is 7.13. The Balaban J connectivity index is 1.47. The Kier molecular flexibility index (Phi) is 3.73. The van der Waals surface area contributed by atoms with Gasteiger partial charge >= 0.3 is 0 Å². The van der Waals surface area contributed by atoms with E-state index in [0.29, 0.717) is 17.8 Å². The molecule has 5 rings (SSSR count). The Bertz CT molecular complexity index is 994. The molecule has 2 N–H and O–H groups in total. The van der Waals surface area contributed by atoms with Gasteiger partial charge in [-0.15, -0.1) is 0 Å². The first kappa shape index (κ1) is 15.6. The molecule has 2 fully saturated rings. The number of nitriles is 1. The summed E-state index contributed by atoms with van der Waals surface area (Å²) in [6.07, 6.45) is 5.60. The number of aromatic amines is 1. The first-order chi connectivity index (χ1) is 12.8. The van der Waals surface area contributed by atoms with E-state index in [1.807, 2.05) is 12.1 Å². The molecule has 3 aromatic rings. The molecule has 0 atom stereocenters. The first-order valence-corrected chi connectivity index (χ1v) is 9.07. The van der Waals surface area contributed by atoms with E-state index >= 15 is 0 Å². The van der Waals surface area contributed by atoms with E-state index < -0.39 is 0 Å². The molecule has 3 aromatic heterocycles. The maximum atomic E-state index is 9.57. The Labute approximate surface area is 151 Å². The summed E-state index contributed by atoms with van der Waals surface area (Å²) >= 11 is 0. The van der Waals surface area contributed by atoms with Gasteiger partial charge in [0.2, 0.25) is 0 Å². The van der Waals surface area contributed by atoms with E-state index in [9.17, 15) is 5.26 Å². The zero-order valence-electron chi connectivity index (χ0n) is 14.4. The molecular weight excluding hydrogens is 328 g/mol. The molecule has 7 nitrogen and oxygen atoms in total. The van der Waals surface area contributed by atoms with Crippen LogP contribution in [0.15, 0.2) is 24.5 Å². The monoisotopic (exact) mass is 348 g/mol. The van der Waals surface area contributed by atoms with Gasteiger partial charge in [0.05, 0.1) is 36.7 Å². The van der Waals surface area contributed by atoms with Crippen molar-refractivity contribution in [2.45, 2.75) is 24.9 Å². The highest BCUT2D eigenvalue weighted by atomic mass is 16.5. The van der Waals surface area contributed by atoms with Crippen LogP contribution in [-0.2, 0) is 4.74 Å². The van der Waals surface area contributed by atoms with Crippen LogP contribution in [0.5, 0.6) is 0 Å². The van der Waals surface area contributed by atoms with Gasteiger partial charge in [0, 0.05) is 36.1 Å². The fraction of sp³-hybridized carbons (Fsp3) is 0.421. The van der Waals surface area contributed by atoms with Crippen molar-refractivity contribution in [2.75, 3.05) is 31.6 Å². The van der Waals surface area contributed by atoms with Crippen LogP contribution in [0.25, 0.3) is 21.9 Å². The summed E-state index contributed by atoms with van der Waals surface area (Å²) in [5.74, 6) is 0. The summed E-state index contributed by atoms with van der Waals surface area (Å²) in [6.45, 7) is 3.85. The number of ether oxygens (including phenoxy) is 1. The molecule has 2 aliphatic rings. The minimum absolute atomic E-state index is 0.341. The number of likely N-dealkylation sites (tertiary alicyclic amines) is 1. The number of pyridine rings is 2. The Morgan fingerprint density at radius 3 is 2.85 bits per heavy atom. The lowest BCUT2D eigenvalue weighted by Gasteiger charge is -2.41. The predicted octanol–water partition coefficient (Wildman–Crippen LogP) is 2.26. The van der Waals surface area contributed by atoms with E-state index in [4.69, 9.17) is 4.74 Å². The number of nitrogens with zero attached hydrogens (tertiary/aromatic N) is 4. The van der Waals surface area contributed by atoms with Gasteiger partial charge in [0.25, 0.3) is 0 Å². The van der Waals surface area contributed by atoms with Gasteiger partial charge in [0.15, 0.2) is 5.69 Å². The smallest absolute Gasteiger partial charge is 0.164 e. The number of hydrogen-bond acceptors (Lipinski definition) is 6. The third kappa shape index (κ3) is 2.50. The van der Waals surface area contributed by atoms with Gasteiger partial charge in [0.1, 0.15) is 11.7 Å². The summed E-state index contributed by atoms with van der Waals surface area (Å²) in [7, 11) is 0. The minimum Gasteiger partial charge on any atom is -0.379 e. The van der Waals surface area contributed by atoms with Crippen LogP contribution in [0.1, 0.15) is 18.5 Å². The molecular formula is C19H20N6O. The molecule has 7 heteroatoms. The van der Waals surface area contributed by atoms with Crippen LogP contribution in [0.3, 0.4) is 0 Å². The molecule has 0 aliphatic carbocycles. The standard InChI is InChI=1S/C19H20N6O/c20-8-15-18(23-12-3-6-25(7-4-12)13-10-26-11-13)17-14-2-1-5-21-19(14)24-16(17)9-22-15/h1-2,5,9,12-13,23H,3-4,6-7,10-11H2,(H,21,24). The van der Waals surface area contributed by atoms with E-state index in [1.165, 1.54) is 0 Å². The Hall–Kier alpha value is -2.69. The second kappa shape index (κ2) is 6.24. The molecule has 132 valence electrons. The highest BCUT2D eigenvalue weighted by molar-refractivity contribution is 6.12. The van der Waals surface area contributed by atoms with Gasteiger partial charge in [-0.1, -0.05) is 0 Å². The van der Waals surface area contributed by atoms with Crippen molar-refractivity contribution in [1.82, 2.24) is 19.9 Å². The molecule has 0 saturated carbocycles. The van der Waals surface area contributed by atoms with Crippen molar-refractivity contribution in [1.29, 1.82) is 5.26 Å². The summed E-state index contributed by atoms with van der Waals surface area (Å²) < 4.78 is 5.31. The summed E-state index contributed by atoms with van der Waals surface area (Å²) in [5.41, 5.74) is 3.00. The van der Waals surface area contributed by atoms with Crippen molar-refractivity contribution in [3.05, 3.63) is 30.2 Å². The maximum Gasteiger partial charge on any atom is 0.164 e. The van der Waals surface area contributed by atoms with E-state index in [2.05, 4.69) is 31.2 Å². The molecule has 0 bridgehead atoms. The van der Waals surface area contributed by atoms with Gasteiger partial charge in [-0.25, -0.2) is 9.97 Å². The van der Waals surface area contributed by atoms with Crippen molar-refractivity contribution in [2.24, 2.45) is 0 Å². The number of aromatic nitrogens is 3. The molecule has 26 heavy (non-hydrogen) atoms. The van der Waals surface area contributed by atoms with Crippen LogP contribution < -0.4 is 5.32 Å². The quantitative estimate of drug-likeness (QED) is 0.755. The molecule has 5 heterocycles. The van der Waals surface area contributed by atoms with Gasteiger partial charge in [-0.05, 0) is 25.0 Å². The summed E-state index contributed by atoms with van der Waals surface area (Å²) in [5, 5.41) is 15.2. The fourth-order valence-electron chi connectivity index (χ4n) is 3.99. The van der Waals surface area contributed by atoms with Gasteiger partial charge in [-0.3, -0.25) is 4.90 Å². The molecule has 2 aliphatic heterocycles. The van der Waals surface area contributed by atoms with Crippen molar-refractivity contribution in [3.63, 3.8) is 0 Å². The number of fused-ring (bicyclic) bond motifs is 3. The first-order valence-electron chi connectivity index (χ1n) is 9.07. The molecule has 0 spiro atoms. The lowest BCUT2D eigenvalue weighted by molar-refractivity contribution is -0.0705. The number of piperidine rings is 1. The van der Waals surface area contributed by atoms with E-state index in [0.717, 1.165) is 66.8 Å². The Morgan fingerprint density at radius 1 is 1.27 bits per heavy atom. The Morgan fingerprint density at radius 2 is 2.12 bits per heavy atom. The normalized spacial score (nSPS) is 19.5. The lowest BCUT2D eigenvalue weighted by atomic mass is 10.0. The summed E-state index contributed by atoms with van der Waals surface area (Å²) in [4.78, 5) is 14.6. The lowest BCUT2D eigenvalue weighted by Crippen LogP contribution is -2.53. The van der Waals surface area contributed by atoms with E-state index in [1.54, 1.807) is 12.4 Å². The minimum atomic E-state index is 0.341. The van der Waals surface area contributed by atoms with Crippen molar-refractivity contribution >= 4 is 27.6 Å². The molecule has 0 aromatic carbocycles. The van der Waals surface area contributed by atoms with Crippen LogP contribution in [0, 0.1) is 11.3 Å². The zero-order chi connectivity index (χ0) is 17.5. The van der Waals surface area contributed by atoms with Crippen LogP contribution in [0.2, 0.25) is 0 Å². The number of nitrogens with one attached hydrogen (secondary N) is 2. The largest absolute Gasteiger partial charge is 0.379 e. The fourth-order valence-corrected chi connectivity index (χ4v) is 3.99. The number of hydrogen-bond donors (Lipinski definition) is 2. The molecule has 2 saturated heterocycles. The van der Waals surface area contributed by atoms with Crippen molar-refractivity contribution < 1.29 is 4.74 Å². The zero-order valence-corrected chi connectivity index (χ0v) is 14.4. The third-order valence-corrected chi connectivity index (χ3v) is 5.53. The SMILES string of the molecule is N#Cc1ncc2[nH]c3ncccc3c2c1NC1CCN(C2COC2)CC1. The van der Waals surface area contributed by atoms with Gasteiger partial charge in [-0.2, -0.15) is 5.26 Å². The topological polar surface area (TPSA) is 89.9 Å². The number of rotatable bonds is 3. The predicted molar refractivity (Wildman–Crippen MR) is 98.9 cm³/mol.